The van der Waals surface area contributed by atoms with Gasteiger partial charge >= 0.3 is 0 Å². The van der Waals surface area contributed by atoms with E-state index in [4.69, 9.17) is 16.3 Å². The van der Waals surface area contributed by atoms with Gasteiger partial charge in [-0.05, 0) is 12.8 Å². The summed E-state index contributed by atoms with van der Waals surface area (Å²) in [5, 5.41) is 6.41. The number of halogens is 1. The summed E-state index contributed by atoms with van der Waals surface area (Å²) in [6.45, 7) is 0.832. The van der Waals surface area contributed by atoms with Crippen LogP contribution in [0.3, 0.4) is 0 Å². The number of nitrogens with zero attached hydrogens (tertiary/aromatic N) is 2. The highest BCUT2D eigenvalue weighted by atomic mass is 35.5. The first kappa shape index (κ1) is 12.4. The number of aromatic nitrogens is 2. The van der Waals surface area contributed by atoms with E-state index in [1.165, 1.54) is 10.5 Å². The highest BCUT2D eigenvalue weighted by Gasteiger charge is 2.40. The van der Waals surface area contributed by atoms with Crippen LogP contribution < -0.4 is 0 Å². The molecule has 2 fully saturated rings. The van der Waals surface area contributed by atoms with E-state index >= 15 is 0 Å². The number of hydrogen-bond donors (Lipinski definition) is 1. The van der Waals surface area contributed by atoms with Gasteiger partial charge in [-0.25, -0.2) is 8.42 Å². The Hall–Kier alpha value is -0.630. The molecule has 0 radical (unpaired) electrons. The summed E-state index contributed by atoms with van der Waals surface area (Å²) >= 11 is 5.72. The fraction of sp³-hybridized carbons (Fsp3) is 0.700. The minimum absolute atomic E-state index is 0.0286. The molecule has 18 heavy (non-hydrogen) atoms. The topological polar surface area (TPSA) is 75.3 Å². The van der Waals surface area contributed by atoms with Crippen molar-refractivity contribution in [2.45, 2.75) is 36.0 Å². The Morgan fingerprint density at radius 1 is 1.44 bits per heavy atom. The third-order valence-electron chi connectivity index (χ3n) is 3.43. The molecule has 2 bridgehead atoms. The molecule has 100 valence electrons. The molecule has 1 aromatic rings. The molecule has 0 saturated carbocycles. The van der Waals surface area contributed by atoms with Crippen molar-refractivity contribution in [2.24, 2.45) is 0 Å². The standard InChI is InChI=1S/C10H14ClN3O3S/c11-3-7-4-12-13-10(7)18(15,16)14-5-8-1-2-9(6-14)17-8/h4,8-9H,1-3,5-6H2,(H,12,13). The summed E-state index contributed by atoms with van der Waals surface area (Å²) in [4.78, 5) is 0. The van der Waals surface area contributed by atoms with Gasteiger partial charge in [0, 0.05) is 18.7 Å². The number of ether oxygens (including phenoxy) is 1. The number of H-pyrrole nitrogens is 1. The highest BCUT2D eigenvalue weighted by molar-refractivity contribution is 7.89. The maximum atomic E-state index is 12.5. The van der Waals surface area contributed by atoms with E-state index in [-0.39, 0.29) is 23.1 Å². The second kappa shape index (κ2) is 4.48. The summed E-state index contributed by atoms with van der Waals surface area (Å²) < 4.78 is 32.1. The van der Waals surface area contributed by atoms with E-state index in [0.29, 0.717) is 18.7 Å². The SMILES string of the molecule is O=S(=O)(c1[nH]ncc1CCl)N1CC2CCC(C1)O2. The molecule has 0 aliphatic carbocycles. The quantitative estimate of drug-likeness (QED) is 0.832. The molecule has 6 nitrogen and oxygen atoms in total. The van der Waals surface area contributed by atoms with E-state index in [1.54, 1.807) is 0 Å². The fourth-order valence-electron chi connectivity index (χ4n) is 2.52. The van der Waals surface area contributed by atoms with Crippen LogP contribution >= 0.6 is 11.6 Å². The Morgan fingerprint density at radius 2 is 2.11 bits per heavy atom. The van der Waals surface area contributed by atoms with Crippen LogP contribution in [0.15, 0.2) is 11.2 Å². The Balaban J connectivity index is 1.91. The Labute approximate surface area is 110 Å². The fourth-order valence-corrected chi connectivity index (χ4v) is 4.41. The number of aromatic amines is 1. The molecular formula is C10H14ClN3O3S. The van der Waals surface area contributed by atoms with E-state index in [1.807, 2.05) is 0 Å². The number of fused-ring (bicyclic) bond motifs is 2. The van der Waals surface area contributed by atoms with Crippen LogP contribution in [0.4, 0.5) is 0 Å². The predicted octanol–water partition coefficient (Wildman–Crippen LogP) is 0.700. The van der Waals surface area contributed by atoms with E-state index in [0.717, 1.165) is 12.8 Å². The minimum Gasteiger partial charge on any atom is -0.372 e. The number of hydrogen-bond acceptors (Lipinski definition) is 4. The van der Waals surface area contributed by atoms with Crippen molar-refractivity contribution in [3.05, 3.63) is 11.8 Å². The molecule has 2 atom stereocenters. The van der Waals surface area contributed by atoms with Crippen LogP contribution in [-0.4, -0.2) is 48.2 Å². The second-order valence-electron chi connectivity index (χ2n) is 4.64. The van der Waals surface area contributed by atoms with Gasteiger partial charge < -0.3 is 4.74 Å². The first-order valence-electron chi connectivity index (χ1n) is 5.85. The van der Waals surface area contributed by atoms with Gasteiger partial charge in [0.1, 0.15) is 0 Å². The van der Waals surface area contributed by atoms with Crippen LogP contribution in [0.25, 0.3) is 0 Å². The molecule has 2 aliphatic heterocycles. The first-order valence-corrected chi connectivity index (χ1v) is 7.82. The summed E-state index contributed by atoms with van der Waals surface area (Å²) in [6, 6.07) is 0. The zero-order chi connectivity index (χ0) is 12.8. The van der Waals surface area contributed by atoms with Crippen molar-refractivity contribution in [1.29, 1.82) is 0 Å². The minimum atomic E-state index is -3.54. The molecule has 1 aromatic heterocycles. The average molecular weight is 292 g/mol. The zero-order valence-electron chi connectivity index (χ0n) is 9.67. The van der Waals surface area contributed by atoms with Crippen molar-refractivity contribution in [1.82, 2.24) is 14.5 Å². The van der Waals surface area contributed by atoms with Gasteiger partial charge in [0.2, 0.25) is 0 Å². The van der Waals surface area contributed by atoms with Gasteiger partial charge in [-0.3, -0.25) is 5.10 Å². The third kappa shape index (κ3) is 1.95. The van der Waals surface area contributed by atoms with E-state index < -0.39 is 10.0 Å². The smallest absolute Gasteiger partial charge is 0.260 e. The van der Waals surface area contributed by atoms with Crippen LogP contribution in [0.1, 0.15) is 18.4 Å². The van der Waals surface area contributed by atoms with E-state index in [2.05, 4.69) is 10.2 Å². The Kier molecular flexibility index (Phi) is 3.09. The van der Waals surface area contributed by atoms with Gasteiger partial charge in [-0.1, -0.05) is 0 Å². The van der Waals surface area contributed by atoms with Gasteiger partial charge in [0.05, 0.1) is 24.3 Å². The number of nitrogens with one attached hydrogen (secondary N) is 1. The number of sulfonamides is 1. The Bertz CT molecular complexity index is 532. The lowest BCUT2D eigenvalue weighted by molar-refractivity contribution is -0.0115. The van der Waals surface area contributed by atoms with Gasteiger partial charge in [-0.15, -0.1) is 11.6 Å². The van der Waals surface area contributed by atoms with Gasteiger partial charge in [0.25, 0.3) is 10.0 Å². The molecule has 3 heterocycles. The zero-order valence-corrected chi connectivity index (χ0v) is 11.2. The summed E-state index contributed by atoms with van der Waals surface area (Å²) in [5.41, 5.74) is 0.510. The number of morpholine rings is 1. The Morgan fingerprint density at radius 3 is 2.72 bits per heavy atom. The van der Waals surface area contributed by atoms with Crippen molar-refractivity contribution < 1.29 is 13.2 Å². The lowest BCUT2D eigenvalue weighted by atomic mass is 10.2. The van der Waals surface area contributed by atoms with Crippen LogP contribution in [0.5, 0.6) is 0 Å². The summed E-state index contributed by atoms with van der Waals surface area (Å²) in [7, 11) is -3.54. The molecule has 0 aromatic carbocycles. The molecule has 2 saturated heterocycles. The molecule has 8 heteroatoms. The van der Waals surface area contributed by atoms with Crippen LogP contribution in [0.2, 0.25) is 0 Å². The largest absolute Gasteiger partial charge is 0.372 e. The molecule has 2 aliphatic rings. The molecule has 3 rings (SSSR count). The summed E-state index contributed by atoms with van der Waals surface area (Å²) in [6.07, 6.45) is 3.38. The third-order valence-corrected chi connectivity index (χ3v) is 5.57. The average Bonchev–Trinajstić information content (AvgIpc) is 2.96. The van der Waals surface area contributed by atoms with Crippen molar-refractivity contribution >= 4 is 21.6 Å². The number of rotatable bonds is 3. The monoisotopic (exact) mass is 291 g/mol. The highest BCUT2D eigenvalue weighted by Crippen LogP contribution is 2.30. The van der Waals surface area contributed by atoms with Gasteiger partial charge in [-0.2, -0.15) is 9.40 Å². The van der Waals surface area contributed by atoms with Crippen molar-refractivity contribution in [3.63, 3.8) is 0 Å². The maximum Gasteiger partial charge on any atom is 0.260 e. The van der Waals surface area contributed by atoms with Crippen LogP contribution in [-0.2, 0) is 20.6 Å². The molecular weight excluding hydrogens is 278 g/mol. The first-order chi connectivity index (χ1) is 8.61. The second-order valence-corrected chi connectivity index (χ2v) is 6.78. The lowest BCUT2D eigenvalue weighted by Crippen LogP contribution is -2.46. The lowest BCUT2D eigenvalue weighted by Gasteiger charge is -2.30. The molecule has 1 N–H and O–H groups in total. The van der Waals surface area contributed by atoms with Crippen molar-refractivity contribution in [3.8, 4) is 0 Å². The van der Waals surface area contributed by atoms with Crippen LogP contribution in [0, 0.1) is 0 Å². The van der Waals surface area contributed by atoms with Gasteiger partial charge in [0.15, 0.2) is 5.03 Å². The normalized spacial score (nSPS) is 28.7. The molecule has 2 unspecified atom stereocenters. The maximum absolute atomic E-state index is 12.5. The number of alkyl halides is 1. The van der Waals surface area contributed by atoms with Crippen molar-refractivity contribution in [2.75, 3.05) is 13.1 Å². The predicted molar refractivity (Wildman–Crippen MR) is 64.8 cm³/mol. The molecule has 0 amide bonds. The van der Waals surface area contributed by atoms with E-state index in [9.17, 15) is 8.42 Å². The summed E-state index contributed by atoms with van der Waals surface area (Å²) in [5.74, 6) is 0.127. The molecule has 0 spiro atoms.